The number of hydrogen-bond donors (Lipinski definition) is 1. The Morgan fingerprint density at radius 2 is 0.557 bits per heavy atom. The molecule has 0 aromatic heterocycles. The largest absolute Gasteiger partial charge is 0.477 e. The van der Waals surface area contributed by atoms with E-state index in [1.54, 1.807) is 0 Å². The molecule has 556 valence electrons. The maximum absolute atomic E-state index is 13.0. The fourth-order valence-corrected chi connectivity index (χ4v) is 11.3. The van der Waals surface area contributed by atoms with Crippen LogP contribution in [-0.4, -0.2) is 87.4 Å². The number of hydrogen-bond acceptors (Lipinski definition) is 7. The van der Waals surface area contributed by atoms with Gasteiger partial charge in [-0.2, -0.15) is 0 Å². The van der Waals surface area contributed by atoms with Crippen LogP contribution in [0.5, 0.6) is 0 Å². The summed E-state index contributed by atoms with van der Waals surface area (Å²) in [6.07, 6.45) is 109. The lowest BCUT2D eigenvalue weighted by Crippen LogP contribution is -2.40. The summed E-state index contributed by atoms with van der Waals surface area (Å²) in [5.74, 6) is -2.00. The Kier molecular flexibility index (Phi) is 73.5. The van der Waals surface area contributed by atoms with Crippen LogP contribution < -0.4 is 0 Å². The highest BCUT2D eigenvalue weighted by Crippen LogP contribution is 2.19. The summed E-state index contributed by atoms with van der Waals surface area (Å²) in [6.45, 7) is 4.68. The van der Waals surface area contributed by atoms with Gasteiger partial charge in [0.05, 0.1) is 34.4 Å². The normalized spacial score (nSPS) is 13.4. The topological polar surface area (TPSA) is 108 Å². The van der Waals surface area contributed by atoms with Crippen LogP contribution >= 0.6 is 0 Å². The zero-order valence-corrected chi connectivity index (χ0v) is 63.7. The molecule has 0 aliphatic rings. The number of rotatable bonds is 74. The number of nitrogens with zero attached hydrogens (tertiary/aromatic N) is 1. The molecule has 2 unspecified atom stereocenters. The number of esters is 2. The van der Waals surface area contributed by atoms with Crippen LogP contribution in [0.25, 0.3) is 0 Å². The van der Waals surface area contributed by atoms with Crippen LogP contribution in [0.3, 0.4) is 0 Å². The Morgan fingerprint density at radius 1 is 0.309 bits per heavy atom. The number of aliphatic carboxylic acids is 1. The van der Waals surface area contributed by atoms with E-state index in [0.29, 0.717) is 23.9 Å². The van der Waals surface area contributed by atoms with Crippen molar-refractivity contribution in [1.82, 2.24) is 0 Å². The number of unbranched alkanes of at least 4 members (excludes halogenated alkanes) is 37. The van der Waals surface area contributed by atoms with E-state index in [0.717, 1.165) is 116 Å². The summed E-state index contributed by atoms with van der Waals surface area (Å²) < 4.78 is 23.0. The molecule has 97 heavy (non-hydrogen) atoms. The molecule has 0 aliphatic heterocycles. The van der Waals surface area contributed by atoms with Gasteiger partial charge in [0, 0.05) is 12.8 Å². The summed E-state index contributed by atoms with van der Waals surface area (Å²) in [5, 5.41) is 9.78. The van der Waals surface area contributed by atoms with Crippen LogP contribution in [0.4, 0.5) is 0 Å². The lowest BCUT2D eigenvalue weighted by molar-refractivity contribution is -0.870. The van der Waals surface area contributed by atoms with Gasteiger partial charge in [0.25, 0.3) is 6.29 Å². The fourth-order valence-electron chi connectivity index (χ4n) is 11.3. The molecule has 0 rings (SSSR count). The molecule has 0 spiro atoms. The van der Waals surface area contributed by atoms with E-state index in [1.165, 1.54) is 199 Å². The first-order valence-corrected chi connectivity index (χ1v) is 40.3. The molecule has 9 heteroatoms. The first-order valence-electron chi connectivity index (χ1n) is 40.3. The summed E-state index contributed by atoms with van der Waals surface area (Å²) >= 11 is 0. The maximum atomic E-state index is 13.0. The van der Waals surface area contributed by atoms with Crippen molar-refractivity contribution >= 4 is 17.9 Å². The summed E-state index contributed by atoms with van der Waals surface area (Å²) in [4.78, 5) is 37.8. The van der Waals surface area contributed by atoms with Crippen LogP contribution in [-0.2, 0) is 33.3 Å². The molecule has 0 saturated heterocycles. The van der Waals surface area contributed by atoms with Crippen molar-refractivity contribution in [3.05, 3.63) is 134 Å². The van der Waals surface area contributed by atoms with Gasteiger partial charge in [-0.05, 0) is 109 Å². The number of carboxylic acids is 1. The molecule has 1 N–H and O–H groups in total. The van der Waals surface area contributed by atoms with Crippen molar-refractivity contribution in [1.29, 1.82) is 0 Å². The number of ether oxygens (including phenoxy) is 4. The smallest absolute Gasteiger partial charge is 0.361 e. The standard InChI is InChI=1S/C88H151NO8/c1-6-8-10-12-14-16-18-20-22-24-26-28-30-32-34-36-38-40-41-42-43-44-45-47-48-50-52-54-56-58-60-62-64-66-68-70-72-74-76-78-85(90)95-82-84(83-96-88(87(92)93)94-81-80-89(3,4)5)97-86(91)79-77-75-73-71-69-67-65-63-61-59-57-55-53-51-49-46-39-37-35-33-31-29-27-25-23-21-19-17-15-13-11-9-7-2/h8-11,14-17,20-23,26-29,33,35,39,46,51,53,84,88H,6-7,12-13,18-19,24-25,30-32,34,36-38,40-45,47-50,52,54-83H2,1-5H3/p+1/b10-8-,11-9-,16-14-,17-15-,22-20-,23-21-,28-26-,29-27-,35-33-,46-39-,53-51-. The van der Waals surface area contributed by atoms with E-state index in [-0.39, 0.29) is 32.2 Å². The monoisotopic (exact) mass is 1350 g/mol. The van der Waals surface area contributed by atoms with Gasteiger partial charge in [-0.15, -0.1) is 0 Å². The molecule has 0 fully saturated rings. The second kappa shape index (κ2) is 77.2. The number of carbonyl (C=O) groups excluding carboxylic acids is 2. The van der Waals surface area contributed by atoms with E-state index >= 15 is 0 Å². The molecular formula is C88H152NO8+. The maximum Gasteiger partial charge on any atom is 0.361 e. The van der Waals surface area contributed by atoms with E-state index in [9.17, 15) is 19.5 Å². The van der Waals surface area contributed by atoms with Crippen LogP contribution in [0.15, 0.2) is 134 Å². The predicted octanol–water partition coefficient (Wildman–Crippen LogP) is 26.0. The molecule has 9 nitrogen and oxygen atoms in total. The summed E-state index contributed by atoms with van der Waals surface area (Å²) in [6, 6.07) is 0. The first kappa shape index (κ1) is 92.4. The Hall–Kier alpha value is -4.57. The molecule has 0 radical (unpaired) electrons. The zero-order chi connectivity index (χ0) is 70.4. The number of allylic oxidation sites excluding steroid dienone is 22. The van der Waals surface area contributed by atoms with Gasteiger partial charge in [0.15, 0.2) is 6.10 Å². The molecular weight excluding hydrogens is 1200 g/mol. The molecule has 0 heterocycles. The van der Waals surface area contributed by atoms with Crippen LogP contribution in [0.2, 0.25) is 0 Å². The van der Waals surface area contributed by atoms with E-state index in [2.05, 4.69) is 148 Å². The molecule has 0 aromatic carbocycles. The minimum atomic E-state index is -1.52. The fraction of sp³-hybridized carbons (Fsp3) is 0.716. The Morgan fingerprint density at radius 3 is 0.825 bits per heavy atom. The zero-order valence-electron chi connectivity index (χ0n) is 63.7. The third-order valence-corrected chi connectivity index (χ3v) is 17.4. The minimum absolute atomic E-state index is 0.184. The number of carboxylic acid groups (broad SMARTS) is 1. The van der Waals surface area contributed by atoms with Gasteiger partial charge >= 0.3 is 17.9 Å². The predicted molar refractivity (Wildman–Crippen MR) is 419 cm³/mol. The third-order valence-electron chi connectivity index (χ3n) is 17.4. The van der Waals surface area contributed by atoms with Gasteiger partial charge in [0.1, 0.15) is 13.2 Å². The van der Waals surface area contributed by atoms with E-state index in [1.807, 2.05) is 21.1 Å². The quantitative estimate of drug-likeness (QED) is 0.0211. The van der Waals surface area contributed by atoms with Crippen molar-refractivity contribution in [2.24, 2.45) is 0 Å². The second-order valence-corrected chi connectivity index (χ2v) is 28.0. The molecule has 0 aromatic rings. The van der Waals surface area contributed by atoms with Crippen molar-refractivity contribution in [2.75, 3.05) is 47.5 Å². The molecule has 0 bridgehead atoms. The molecule has 0 aliphatic carbocycles. The average Bonchev–Trinajstić information content (AvgIpc) is 2.59. The van der Waals surface area contributed by atoms with Crippen molar-refractivity contribution in [2.45, 2.75) is 360 Å². The lowest BCUT2D eigenvalue weighted by Gasteiger charge is -2.25. The number of quaternary nitrogens is 1. The van der Waals surface area contributed by atoms with Gasteiger partial charge in [-0.3, -0.25) is 9.59 Å². The molecule has 0 amide bonds. The molecule has 2 atom stereocenters. The van der Waals surface area contributed by atoms with E-state index in [4.69, 9.17) is 18.9 Å². The van der Waals surface area contributed by atoms with Crippen molar-refractivity contribution < 1.29 is 42.9 Å². The highest BCUT2D eigenvalue weighted by Gasteiger charge is 2.25. The van der Waals surface area contributed by atoms with Crippen LogP contribution in [0, 0.1) is 0 Å². The molecule has 0 saturated carbocycles. The second-order valence-electron chi connectivity index (χ2n) is 28.0. The van der Waals surface area contributed by atoms with Crippen molar-refractivity contribution in [3.8, 4) is 0 Å². The Labute approximate surface area is 599 Å². The highest BCUT2D eigenvalue weighted by atomic mass is 16.7. The number of likely N-dealkylation sites (N-methyl/N-ethyl adjacent to an activating group) is 1. The SMILES string of the molecule is CC/C=C\C/C=C\C/C=C\C/C=C\C/C=C\C/C=C\C/C=C\CCCCCCCCCCCCCC(=O)OC(COC(=O)CCCCCCCCCCCCCCCCCCCCCCCCCCCC/C=C\C/C=C\C/C=C\C/C=C\CC)COC(OCC[N+](C)(C)C)C(=O)O. The van der Waals surface area contributed by atoms with Gasteiger partial charge in [-0.25, -0.2) is 4.79 Å². The van der Waals surface area contributed by atoms with E-state index < -0.39 is 24.3 Å². The Balaban J connectivity index is 4.01. The van der Waals surface area contributed by atoms with Crippen LogP contribution in [0.1, 0.15) is 348 Å². The third kappa shape index (κ3) is 78.6. The Bertz CT molecular complexity index is 2060. The first-order chi connectivity index (χ1) is 47.6. The summed E-state index contributed by atoms with van der Waals surface area (Å²) in [7, 11) is 5.98. The average molecular weight is 1350 g/mol. The number of carbonyl (C=O) groups is 3. The van der Waals surface area contributed by atoms with Gasteiger partial charge < -0.3 is 28.5 Å². The minimum Gasteiger partial charge on any atom is -0.477 e. The van der Waals surface area contributed by atoms with Crippen molar-refractivity contribution in [3.63, 3.8) is 0 Å². The van der Waals surface area contributed by atoms with Gasteiger partial charge in [-0.1, -0.05) is 359 Å². The lowest BCUT2D eigenvalue weighted by atomic mass is 10.0. The highest BCUT2D eigenvalue weighted by molar-refractivity contribution is 5.71. The van der Waals surface area contributed by atoms with Gasteiger partial charge in [0.2, 0.25) is 0 Å². The summed E-state index contributed by atoms with van der Waals surface area (Å²) in [5.41, 5.74) is 0.